The normalized spacial score (nSPS) is 23.4. The zero-order valence-electron chi connectivity index (χ0n) is 16.5. The minimum Gasteiger partial charge on any atom is -0.508 e. The summed E-state index contributed by atoms with van der Waals surface area (Å²) in [7, 11) is 3.61. The Kier molecular flexibility index (Phi) is 6.05. The monoisotopic (exact) mass is 373 g/mol. The maximum atomic E-state index is 12.8. The van der Waals surface area contributed by atoms with Gasteiger partial charge in [0.05, 0.1) is 13.0 Å². The van der Waals surface area contributed by atoms with Crippen LogP contribution in [0.15, 0.2) is 24.3 Å². The van der Waals surface area contributed by atoms with E-state index in [9.17, 15) is 14.7 Å². The maximum Gasteiger partial charge on any atom is 0.236 e. The Hall–Kier alpha value is -2.08. The van der Waals surface area contributed by atoms with E-state index in [2.05, 4.69) is 4.90 Å². The molecule has 1 atom stereocenters. The zero-order chi connectivity index (χ0) is 19.4. The number of hydrogen-bond acceptors (Lipinski definition) is 4. The molecular formula is C21H31N3O3. The Morgan fingerprint density at radius 2 is 1.85 bits per heavy atom. The van der Waals surface area contributed by atoms with E-state index in [1.807, 2.05) is 11.0 Å². The van der Waals surface area contributed by atoms with E-state index in [4.69, 9.17) is 0 Å². The molecule has 1 unspecified atom stereocenters. The number of phenols is 1. The summed E-state index contributed by atoms with van der Waals surface area (Å²) < 4.78 is 0. The van der Waals surface area contributed by atoms with Gasteiger partial charge in [-0.1, -0.05) is 12.1 Å². The third kappa shape index (κ3) is 4.61. The predicted octanol–water partition coefficient (Wildman–Crippen LogP) is 1.87. The molecule has 1 aromatic rings. The van der Waals surface area contributed by atoms with Crippen molar-refractivity contribution in [1.29, 1.82) is 0 Å². The Balaban J connectivity index is 1.62. The predicted molar refractivity (Wildman–Crippen MR) is 104 cm³/mol. The Morgan fingerprint density at radius 1 is 1.11 bits per heavy atom. The van der Waals surface area contributed by atoms with Crippen LogP contribution in [0.3, 0.4) is 0 Å². The molecule has 3 rings (SSSR count). The summed E-state index contributed by atoms with van der Waals surface area (Å²) in [6.07, 6.45) is 5.51. The topological polar surface area (TPSA) is 64.1 Å². The van der Waals surface area contributed by atoms with Gasteiger partial charge in [0.1, 0.15) is 5.75 Å². The van der Waals surface area contributed by atoms with Gasteiger partial charge in [-0.25, -0.2) is 0 Å². The molecule has 0 bridgehead atoms. The lowest BCUT2D eigenvalue weighted by Crippen LogP contribution is -2.48. The number of amides is 2. The van der Waals surface area contributed by atoms with Crippen LogP contribution < -0.4 is 0 Å². The van der Waals surface area contributed by atoms with Gasteiger partial charge in [0, 0.05) is 32.7 Å². The highest BCUT2D eigenvalue weighted by Gasteiger charge is 2.42. The number of benzene rings is 1. The molecule has 1 aromatic carbocycles. The Labute approximate surface area is 161 Å². The van der Waals surface area contributed by atoms with Gasteiger partial charge < -0.3 is 14.9 Å². The van der Waals surface area contributed by atoms with Crippen molar-refractivity contribution in [3.05, 3.63) is 29.8 Å². The van der Waals surface area contributed by atoms with Gasteiger partial charge in [0.2, 0.25) is 11.8 Å². The van der Waals surface area contributed by atoms with E-state index in [-0.39, 0.29) is 23.1 Å². The quantitative estimate of drug-likeness (QED) is 0.875. The molecule has 6 heteroatoms. The van der Waals surface area contributed by atoms with E-state index in [1.165, 1.54) is 0 Å². The van der Waals surface area contributed by atoms with Crippen LogP contribution >= 0.6 is 0 Å². The average molecular weight is 373 g/mol. The third-order valence-corrected chi connectivity index (χ3v) is 6.10. The first kappa shape index (κ1) is 19.7. The lowest BCUT2D eigenvalue weighted by atomic mass is 9.87. The molecule has 0 aromatic heterocycles. The largest absolute Gasteiger partial charge is 0.508 e. The smallest absolute Gasteiger partial charge is 0.236 e. The molecule has 6 nitrogen and oxygen atoms in total. The van der Waals surface area contributed by atoms with Crippen molar-refractivity contribution in [1.82, 2.24) is 14.7 Å². The van der Waals surface area contributed by atoms with Gasteiger partial charge in [-0.2, -0.15) is 0 Å². The standard InChI is InChI=1S/C21H31N3O3/c1-22(2)20(27)16-24-12-5-9-21(24)8-4-11-23(13-10-21)19(26)15-17-6-3-7-18(25)14-17/h3,6-7,14,25H,4-5,8-13,15-16H2,1-2H3. The highest BCUT2D eigenvalue weighted by atomic mass is 16.3. The van der Waals surface area contributed by atoms with Crippen LogP contribution in [0.5, 0.6) is 5.75 Å². The van der Waals surface area contributed by atoms with Crippen LogP contribution in [0.1, 0.15) is 37.7 Å². The van der Waals surface area contributed by atoms with Crippen LogP contribution in [0, 0.1) is 0 Å². The van der Waals surface area contributed by atoms with E-state index < -0.39 is 0 Å². The van der Waals surface area contributed by atoms with Crippen LogP contribution in [0.25, 0.3) is 0 Å². The first-order chi connectivity index (χ1) is 12.9. The summed E-state index contributed by atoms with van der Waals surface area (Å²) in [5.74, 6) is 0.464. The number of phenolic OH excluding ortho intramolecular Hbond substituents is 1. The molecule has 1 spiro atoms. The van der Waals surface area contributed by atoms with E-state index >= 15 is 0 Å². The molecule has 27 heavy (non-hydrogen) atoms. The number of carbonyl (C=O) groups excluding carboxylic acids is 2. The second kappa shape index (κ2) is 8.30. The Morgan fingerprint density at radius 3 is 2.56 bits per heavy atom. The molecule has 1 N–H and O–H groups in total. The molecule has 148 valence electrons. The van der Waals surface area contributed by atoms with Crippen molar-refractivity contribution in [3.63, 3.8) is 0 Å². The van der Waals surface area contributed by atoms with Crippen molar-refractivity contribution in [2.45, 2.75) is 44.1 Å². The van der Waals surface area contributed by atoms with Crippen molar-refractivity contribution < 1.29 is 14.7 Å². The van der Waals surface area contributed by atoms with Gasteiger partial charge >= 0.3 is 0 Å². The number of aromatic hydroxyl groups is 1. The zero-order valence-corrected chi connectivity index (χ0v) is 16.5. The summed E-state index contributed by atoms with van der Waals surface area (Å²) >= 11 is 0. The molecule has 2 aliphatic rings. The van der Waals surface area contributed by atoms with Gasteiger partial charge in [0.25, 0.3) is 0 Å². The summed E-state index contributed by atoms with van der Waals surface area (Å²) in [4.78, 5) is 30.9. The number of carbonyl (C=O) groups is 2. The minimum atomic E-state index is 0.0612. The van der Waals surface area contributed by atoms with Crippen LogP contribution in [0.4, 0.5) is 0 Å². The maximum absolute atomic E-state index is 12.8. The van der Waals surface area contributed by atoms with Gasteiger partial charge in [0.15, 0.2) is 0 Å². The number of hydrogen-bond donors (Lipinski definition) is 1. The van der Waals surface area contributed by atoms with E-state index in [1.54, 1.807) is 37.2 Å². The fourth-order valence-corrected chi connectivity index (χ4v) is 4.49. The van der Waals surface area contributed by atoms with Crippen molar-refractivity contribution >= 4 is 11.8 Å². The number of rotatable bonds is 4. The van der Waals surface area contributed by atoms with Crippen LogP contribution in [-0.4, -0.2) is 77.4 Å². The SMILES string of the molecule is CN(C)C(=O)CN1CCCC12CCCN(C(=O)Cc1cccc(O)c1)CC2. The number of nitrogens with zero attached hydrogens (tertiary/aromatic N) is 3. The first-order valence-corrected chi connectivity index (χ1v) is 9.90. The molecule has 2 saturated heterocycles. The van der Waals surface area contributed by atoms with Crippen molar-refractivity contribution in [2.24, 2.45) is 0 Å². The summed E-state index contributed by atoms with van der Waals surface area (Å²) in [5, 5.41) is 9.60. The van der Waals surface area contributed by atoms with Crippen molar-refractivity contribution in [2.75, 3.05) is 40.3 Å². The molecule has 0 aliphatic carbocycles. The lowest BCUT2D eigenvalue weighted by Gasteiger charge is -2.38. The number of likely N-dealkylation sites (tertiary alicyclic amines) is 2. The van der Waals surface area contributed by atoms with Gasteiger partial charge in [-0.3, -0.25) is 14.5 Å². The van der Waals surface area contributed by atoms with Crippen LogP contribution in [0.2, 0.25) is 0 Å². The highest BCUT2D eigenvalue weighted by molar-refractivity contribution is 5.79. The van der Waals surface area contributed by atoms with E-state index in [0.717, 1.165) is 57.3 Å². The fourth-order valence-electron chi connectivity index (χ4n) is 4.49. The fraction of sp³-hybridized carbons (Fsp3) is 0.619. The molecule has 0 saturated carbocycles. The molecule has 0 radical (unpaired) electrons. The minimum absolute atomic E-state index is 0.0612. The second-order valence-corrected chi connectivity index (χ2v) is 8.12. The van der Waals surface area contributed by atoms with Crippen LogP contribution in [-0.2, 0) is 16.0 Å². The Bertz CT molecular complexity index is 691. The van der Waals surface area contributed by atoms with E-state index in [0.29, 0.717) is 13.0 Å². The molecule has 2 amide bonds. The lowest BCUT2D eigenvalue weighted by molar-refractivity contribution is -0.132. The highest BCUT2D eigenvalue weighted by Crippen LogP contribution is 2.38. The summed E-state index contributed by atoms with van der Waals surface area (Å²) in [5.41, 5.74) is 0.907. The number of likely N-dealkylation sites (N-methyl/N-ethyl adjacent to an activating group) is 1. The molecule has 2 fully saturated rings. The third-order valence-electron chi connectivity index (χ3n) is 6.10. The van der Waals surface area contributed by atoms with Gasteiger partial charge in [-0.15, -0.1) is 0 Å². The second-order valence-electron chi connectivity index (χ2n) is 8.12. The molecule has 2 heterocycles. The van der Waals surface area contributed by atoms with Gasteiger partial charge in [-0.05, 0) is 56.3 Å². The average Bonchev–Trinajstić information content (AvgIpc) is 2.86. The summed E-state index contributed by atoms with van der Waals surface area (Å²) in [6, 6.07) is 6.92. The molecular weight excluding hydrogens is 342 g/mol. The summed E-state index contributed by atoms with van der Waals surface area (Å²) in [6.45, 7) is 2.96. The molecule has 2 aliphatic heterocycles. The first-order valence-electron chi connectivity index (χ1n) is 9.90. The van der Waals surface area contributed by atoms with Crippen molar-refractivity contribution in [3.8, 4) is 5.75 Å².